The van der Waals surface area contributed by atoms with Crippen molar-refractivity contribution >= 4 is 46.3 Å². The molecule has 3 heterocycles. The van der Waals surface area contributed by atoms with Crippen molar-refractivity contribution in [2.24, 2.45) is 0 Å². The smallest absolute Gasteiger partial charge is 0.261 e. The molecule has 1 saturated carbocycles. The number of benzene rings is 1. The highest BCUT2D eigenvalue weighted by molar-refractivity contribution is 7.12. The van der Waals surface area contributed by atoms with E-state index in [9.17, 15) is 9.59 Å². The summed E-state index contributed by atoms with van der Waals surface area (Å²) >= 11 is 1.44. The maximum Gasteiger partial charge on any atom is 0.261 e. The van der Waals surface area contributed by atoms with E-state index in [-0.39, 0.29) is 11.8 Å². The van der Waals surface area contributed by atoms with Gasteiger partial charge in [0.2, 0.25) is 11.9 Å². The van der Waals surface area contributed by atoms with E-state index in [4.69, 9.17) is 4.98 Å². The van der Waals surface area contributed by atoms with Gasteiger partial charge in [-0.25, -0.2) is 4.98 Å². The third-order valence-electron chi connectivity index (χ3n) is 6.00. The van der Waals surface area contributed by atoms with Crippen LogP contribution in [0, 0.1) is 0 Å². The van der Waals surface area contributed by atoms with Crippen LogP contribution in [-0.4, -0.2) is 41.4 Å². The molecular formula is C25H28N6O2S. The van der Waals surface area contributed by atoms with Crippen LogP contribution in [0.1, 0.15) is 53.3 Å². The Morgan fingerprint density at radius 3 is 2.85 bits per heavy atom. The zero-order chi connectivity index (χ0) is 23.3. The molecule has 2 aromatic heterocycles. The number of aromatic nitrogens is 2. The molecule has 1 aromatic carbocycles. The van der Waals surface area contributed by atoms with Crippen molar-refractivity contribution in [1.82, 2.24) is 15.3 Å². The monoisotopic (exact) mass is 476 g/mol. The number of thiophene rings is 1. The van der Waals surface area contributed by atoms with E-state index >= 15 is 0 Å². The molecule has 2 amide bonds. The molecule has 8 nitrogen and oxygen atoms in total. The molecule has 1 aliphatic heterocycles. The Balaban J connectivity index is 1.20. The number of amides is 2. The van der Waals surface area contributed by atoms with Crippen molar-refractivity contribution in [3.63, 3.8) is 0 Å². The highest BCUT2D eigenvalue weighted by Gasteiger charge is 2.27. The molecule has 2 fully saturated rings. The van der Waals surface area contributed by atoms with Crippen LogP contribution in [0.15, 0.2) is 48.0 Å². The van der Waals surface area contributed by atoms with Gasteiger partial charge in [0, 0.05) is 49.2 Å². The van der Waals surface area contributed by atoms with Crippen molar-refractivity contribution in [2.75, 3.05) is 35.2 Å². The molecule has 0 unspecified atom stereocenters. The van der Waals surface area contributed by atoms with E-state index in [2.05, 4.69) is 20.9 Å². The summed E-state index contributed by atoms with van der Waals surface area (Å²) < 4.78 is 0. The van der Waals surface area contributed by atoms with E-state index in [1.165, 1.54) is 11.3 Å². The van der Waals surface area contributed by atoms with Crippen LogP contribution in [0.4, 0.5) is 23.1 Å². The van der Waals surface area contributed by atoms with Crippen molar-refractivity contribution in [1.29, 1.82) is 0 Å². The molecule has 0 radical (unpaired) electrons. The maximum absolute atomic E-state index is 12.1. The standard InChI is InChI=1S/C25H28N6O2S/c32-22-8-2-13-31(22)19-6-1-5-18(15-19)29-25-28-16-20(17-9-10-17)23(30-25)26-11-4-12-27-24(33)21-7-3-14-34-21/h1,3,5-7,14-17H,2,4,8-13H2,(H,27,33)(H2,26,28,29,30). The third-order valence-corrected chi connectivity index (χ3v) is 6.87. The fourth-order valence-electron chi connectivity index (χ4n) is 4.08. The molecular weight excluding hydrogens is 448 g/mol. The summed E-state index contributed by atoms with van der Waals surface area (Å²) in [5.41, 5.74) is 2.88. The van der Waals surface area contributed by atoms with Crippen LogP contribution >= 0.6 is 11.3 Å². The van der Waals surface area contributed by atoms with Gasteiger partial charge in [-0.05, 0) is 61.2 Å². The van der Waals surface area contributed by atoms with E-state index in [0.29, 0.717) is 31.4 Å². The minimum atomic E-state index is -0.0277. The number of carbonyl (C=O) groups is 2. The fraction of sp³-hybridized carbons (Fsp3) is 0.360. The number of carbonyl (C=O) groups excluding carboxylic acids is 2. The summed E-state index contributed by atoms with van der Waals surface area (Å²) in [7, 11) is 0. The molecule has 176 valence electrons. The third kappa shape index (κ3) is 5.36. The van der Waals surface area contributed by atoms with Crippen LogP contribution in [-0.2, 0) is 4.79 Å². The van der Waals surface area contributed by atoms with Crippen molar-refractivity contribution < 1.29 is 9.59 Å². The number of nitrogens with one attached hydrogen (secondary N) is 3. The molecule has 0 bridgehead atoms. The van der Waals surface area contributed by atoms with E-state index < -0.39 is 0 Å². The van der Waals surface area contributed by atoms with Gasteiger partial charge in [0.05, 0.1) is 4.88 Å². The lowest BCUT2D eigenvalue weighted by atomic mass is 10.2. The normalized spacial score (nSPS) is 15.4. The molecule has 9 heteroatoms. The van der Waals surface area contributed by atoms with Crippen molar-refractivity contribution in [3.05, 3.63) is 58.4 Å². The first-order valence-corrected chi connectivity index (χ1v) is 12.7. The highest BCUT2D eigenvalue weighted by Crippen LogP contribution is 2.42. The SMILES string of the molecule is O=C(NCCCNc1nc(Nc2cccc(N3CCCC3=O)c2)ncc1C1CC1)c1cccs1. The van der Waals surface area contributed by atoms with Gasteiger partial charge in [0.1, 0.15) is 5.82 Å². The van der Waals surface area contributed by atoms with Gasteiger partial charge in [-0.1, -0.05) is 12.1 Å². The Labute approximate surface area is 202 Å². The molecule has 0 atom stereocenters. The number of hydrogen-bond acceptors (Lipinski definition) is 7. The maximum atomic E-state index is 12.1. The molecule has 5 rings (SSSR count). The van der Waals surface area contributed by atoms with Gasteiger partial charge in [0.15, 0.2) is 0 Å². The number of rotatable bonds is 10. The Bertz CT molecular complexity index is 1160. The van der Waals surface area contributed by atoms with Gasteiger partial charge in [-0.2, -0.15) is 4.98 Å². The summed E-state index contributed by atoms with van der Waals surface area (Å²) in [6, 6.07) is 11.5. The van der Waals surface area contributed by atoms with Gasteiger partial charge in [-0.3, -0.25) is 9.59 Å². The summed E-state index contributed by atoms with van der Waals surface area (Å²) in [5.74, 6) is 2.01. The van der Waals surface area contributed by atoms with Gasteiger partial charge in [0.25, 0.3) is 5.91 Å². The average molecular weight is 477 g/mol. The second-order valence-electron chi connectivity index (χ2n) is 8.61. The zero-order valence-corrected chi connectivity index (χ0v) is 19.7. The quantitative estimate of drug-likeness (QED) is 0.372. The predicted molar refractivity (Wildman–Crippen MR) is 135 cm³/mol. The zero-order valence-electron chi connectivity index (χ0n) is 18.9. The number of hydrogen-bond donors (Lipinski definition) is 3. The van der Waals surface area contributed by atoms with Crippen molar-refractivity contribution in [2.45, 2.75) is 38.0 Å². The Hall–Kier alpha value is -3.46. The Kier molecular flexibility index (Phi) is 6.71. The minimum absolute atomic E-state index is 0.0277. The van der Waals surface area contributed by atoms with E-state index in [1.807, 2.05) is 52.9 Å². The summed E-state index contributed by atoms with van der Waals surface area (Å²) in [6.45, 7) is 2.06. The van der Waals surface area contributed by atoms with Gasteiger partial charge in [-0.15, -0.1) is 11.3 Å². The fourth-order valence-corrected chi connectivity index (χ4v) is 4.72. The Morgan fingerprint density at radius 1 is 1.18 bits per heavy atom. The van der Waals surface area contributed by atoms with E-state index in [0.717, 1.165) is 59.9 Å². The first-order chi connectivity index (χ1) is 16.7. The van der Waals surface area contributed by atoms with Crippen LogP contribution < -0.4 is 20.9 Å². The first-order valence-electron chi connectivity index (χ1n) is 11.8. The van der Waals surface area contributed by atoms with Crippen molar-refractivity contribution in [3.8, 4) is 0 Å². The molecule has 3 N–H and O–H groups in total. The van der Waals surface area contributed by atoms with Crippen LogP contribution in [0.25, 0.3) is 0 Å². The largest absolute Gasteiger partial charge is 0.370 e. The highest BCUT2D eigenvalue weighted by atomic mass is 32.1. The molecule has 34 heavy (non-hydrogen) atoms. The summed E-state index contributed by atoms with van der Waals surface area (Å²) in [4.78, 5) is 36.0. The predicted octanol–water partition coefficient (Wildman–Crippen LogP) is 4.52. The van der Waals surface area contributed by atoms with Crippen LogP contribution in [0.3, 0.4) is 0 Å². The molecule has 1 saturated heterocycles. The summed E-state index contributed by atoms with van der Waals surface area (Å²) in [6.07, 6.45) is 6.52. The lowest BCUT2D eigenvalue weighted by Crippen LogP contribution is -2.25. The number of nitrogens with zero attached hydrogens (tertiary/aromatic N) is 3. The molecule has 2 aliphatic rings. The van der Waals surface area contributed by atoms with E-state index in [1.54, 1.807) is 0 Å². The lowest BCUT2D eigenvalue weighted by molar-refractivity contribution is -0.117. The average Bonchev–Trinajstić information content (AvgIpc) is 3.34. The molecule has 0 spiro atoms. The topological polar surface area (TPSA) is 99.2 Å². The molecule has 3 aromatic rings. The lowest BCUT2D eigenvalue weighted by Gasteiger charge is -2.17. The summed E-state index contributed by atoms with van der Waals surface area (Å²) in [5, 5.41) is 11.6. The van der Waals surface area contributed by atoms with Crippen LogP contribution in [0.5, 0.6) is 0 Å². The minimum Gasteiger partial charge on any atom is -0.370 e. The second-order valence-corrected chi connectivity index (χ2v) is 9.56. The first kappa shape index (κ1) is 22.3. The van der Waals surface area contributed by atoms with Crippen LogP contribution in [0.2, 0.25) is 0 Å². The number of anilines is 4. The van der Waals surface area contributed by atoms with Gasteiger partial charge < -0.3 is 20.9 Å². The Morgan fingerprint density at radius 2 is 2.09 bits per heavy atom. The molecule has 1 aliphatic carbocycles. The second kappa shape index (κ2) is 10.2. The van der Waals surface area contributed by atoms with Gasteiger partial charge >= 0.3 is 0 Å².